The van der Waals surface area contributed by atoms with E-state index < -0.39 is 0 Å². The van der Waals surface area contributed by atoms with Gasteiger partial charge >= 0.3 is 0 Å². The van der Waals surface area contributed by atoms with E-state index in [-0.39, 0.29) is 11.6 Å². The number of ether oxygens (including phenoxy) is 1. The first kappa shape index (κ1) is 10.7. The summed E-state index contributed by atoms with van der Waals surface area (Å²) in [6, 6.07) is 0.158. The van der Waals surface area contributed by atoms with Gasteiger partial charge in [0, 0.05) is 13.2 Å². The molecule has 2 N–H and O–H groups in total. The summed E-state index contributed by atoms with van der Waals surface area (Å²) in [5, 5.41) is 0. The Bertz CT molecular complexity index is 185. The maximum atomic E-state index is 5.99. The lowest BCUT2D eigenvalue weighted by Crippen LogP contribution is -2.43. The summed E-state index contributed by atoms with van der Waals surface area (Å²) < 4.78 is 5.52. The maximum absolute atomic E-state index is 5.99. The molecule has 1 fully saturated rings. The van der Waals surface area contributed by atoms with E-state index in [2.05, 4.69) is 19.9 Å². The van der Waals surface area contributed by atoms with Crippen molar-refractivity contribution in [3.63, 3.8) is 0 Å². The summed E-state index contributed by atoms with van der Waals surface area (Å²) in [6.45, 7) is 4.17. The van der Waals surface area contributed by atoms with Gasteiger partial charge < -0.3 is 10.5 Å². The lowest BCUT2D eigenvalue weighted by Gasteiger charge is -2.41. The van der Waals surface area contributed by atoms with E-state index in [4.69, 9.17) is 10.5 Å². The molecular weight excluding hydrogens is 162 g/mol. The zero-order chi connectivity index (χ0) is 9.90. The van der Waals surface area contributed by atoms with E-state index in [0.29, 0.717) is 0 Å². The average molecular weight is 183 g/mol. The van der Waals surface area contributed by atoms with Gasteiger partial charge in [-0.05, 0) is 39.5 Å². The second kappa shape index (κ2) is 4.25. The van der Waals surface area contributed by atoms with Gasteiger partial charge in [-0.3, -0.25) is 0 Å². The molecule has 0 aliphatic heterocycles. The fourth-order valence-electron chi connectivity index (χ4n) is 1.98. The quantitative estimate of drug-likeness (QED) is 0.678. The smallest absolute Gasteiger partial charge is 0.0696 e. The van der Waals surface area contributed by atoms with Gasteiger partial charge in [-0.25, -0.2) is 0 Å². The van der Waals surface area contributed by atoms with Gasteiger partial charge in [0.25, 0.3) is 0 Å². The van der Waals surface area contributed by atoms with Crippen LogP contribution < -0.4 is 5.73 Å². The minimum Gasteiger partial charge on any atom is -0.378 e. The number of hydrogen-bond donors (Lipinski definition) is 1. The Morgan fingerprint density at radius 1 is 1.54 bits per heavy atom. The van der Waals surface area contributed by atoms with E-state index >= 15 is 0 Å². The molecule has 1 aliphatic carbocycles. The molecule has 0 amide bonds. The van der Waals surface area contributed by atoms with Crippen LogP contribution in [0.1, 0.15) is 39.5 Å². The second-order valence-electron chi connectivity index (χ2n) is 4.35. The number of allylic oxidation sites excluding steroid dienone is 1. The zero-order valence-electron chi connectivity index (χ0n) is 8.97. The SMILES string of the molecule is COC1(CC(N)C=C(C)C)CCC1. The first-order chi connectivity index (χ1) is 6.08. The van der Waals surface area contributed by atoms with Crippen molar-refractivity contribution in [3.05, 3.63) is 11.6 Å². The highest BCUT2D eigenvalue weighted by atomic mass is 16.5. The maximum Gasteiger partial charge on any atom is 0.0696 e. The van der Waals surface area contributed by atoms with E-state index in [1.54, 1.807) is 7.11 Å². The van der Waals surface area contributed by atoms with Crippen molar-refractivity contribution in [1.82, 2.24) is 0 Å². The molecule has 2 nitrogen and oxygen atoms in total. The van der Waals surface area contributed by atoms with Gasteiger partial charge in [-0.2, -0.15) is 0 Å². The number of methoxy groups -OCH3 is 1. The molecule has 0 aromatic rings. The summed E-state index contributed by atoms with van der Waals surface area (Å²) in [5.74, 6) is 0. The second-order valence-corrected chi connectivity index (χ2v) is 4.35. The molecule has 0 heterocycles. The van der Waals surface area contributed by atoms with Crippen LogP contribution >= 0.6 is 0 Å². The minimum absolute atomic E-state index is 0.103. The van der Waals surface area contributed by atoms with Crippen LogP contribution in [0.4, 0.5) is 0 Å². The molecule has 0 bridgehead atoms. The molecule has 76 valence electrons. The molecule has 0 radical (unpaired) electrons. The first-order valence-electron chi connectivity index (χ1n) is 5.04. The normalized spacial score (nSPS) is 21.8. The lowest BCUT2D eigenvalue weighted by molar-refractivity contribution is -0.0791. The van der Waals surface area contributed by atoms with Crippen molar-refractivity contribution in [2.75, 3.05) is 7.11 Å². The Morgan fingerprint density at radius 2 is 2.15 bits per heavy atom. The largest absolute Gasteiger partial charge is 0.378 e. The average Bonchev–Trinajstić information content (AvgIpc) is 1.95. The van der Waals surface area contributed by atoms with Crippen LogP contribution in [-0.4, -0.2) is 18.8 Å². The fraction of sp³-hybridized carbons (Fsp3) is 0.818. The van der Waals surface area contributed by atoms with Gasteiger partial charge in [0.2, 0.25) is 0 Å². The molecule has 1 atom stereocenters. The number of hydrogen-bond acceptors (Lipinski definition) is 2. The molecule has 0 aromatic heterocycles. The Hall–Kier alpha value is -0.340. The molecule has 0 spiro atoms. The van der Waals surface area contributed by atoms with Gasteiger partial charge in [0.15, 0.2) is 0 Å². The number of nitrogens with two attached hydrogens (primary N) is 1. The molecule has 1 aliphatic rings. The van der Waals surface area contributed by atoms with Crippen LogP contribution in [0.25, 0.3) is 0 Å². The Morgan fingerprint density at radius 3 is 2.46 bits per heavy atom. The molecule has 2 heteroatoms. The van der Waals surface area contributed by atoms with Crippen LogP contribution in [-0.2, 0) is 4.74 Å². The first-order valence-corrected chi connectivity index (χ1v) is 5.04. The Kier molecular flexibility index (Phi) is 3.51. The monoisotopic (exact) mass is 183 g/mol. The third-order valence-corrected chi connectivity index (χ3v) is 2.85. The predicted molar refractivity (Wildman–Crippen MR) is 55.6 cm³/mol. The van der Waals surface area contributed by atoms with Crippen LogP contribution in [0.3, 0.4) is 0 Å². The third kappa shape index (κ3) is 2.82. The van der Waals surface area contributed by atoms with E-state index in [9.17, 15) is 0 Å². The van der Waals surface area contributed by atoms with Crippen molar-refractivity contribution in [1.29, 1.82) is 0 Å². The van der Waals surface area contributed by atoms with Crippen LogP contribution in [0.2, 0.25) is 0 Å². The summed E-state index contributed by atoms with van der Waals surface area (Å²) in [5.41, 5.74) is 7.38. The highest BCUT2D eigenvalue weighted by molar-refractivity contribution is 5.04. The fourth-order valence-corrected chi connectivity index (χ4v) is 1.98. The lowest BCUT2D eigenvalue weighted by atomic mass is 9.75. The molecule has 13 heavy (non-hydrogen) atoms. The van der Waals surface area contributed by atoms with Gasteiger partial charge in [0.1, 0.15) is 0 Å². The summed E-state index contributed by atoms with van der Waals surface area (Å²) in [7, 11) is 1.80. The summed E-state index contributed by atoms with van der Waals surface area (Å²) in [6.07, 6.45) is 6.73. The Balaban J connectivity index is 2.42. The van der Waals surface area contributed by atoms with Gasteiger partial charge in [-0.15, -0.1) is 0 Å². The standard InChI is InChI=1S/C11H21NO/c1-9(2)7-10(12)8-11(13-3)5-4-6-11/h7,10H,4-6,8,12H2,1-3H3. The van der Waals surface area contributed by atoms with Crippen molar-refractivity contribution in [2.24, 2.45) is 5.73 Å². The van der Waals surface area contributed by atoms with E-state index in [1.165, 1.54) is 24.8 Å². The zero-order valence-corrected chi connectivity index (χ0v) is 8.97. The van der Waals surface area contributed by atoms with Crippen molar-refractivity contribution in [2.45, 2.75) is 51.2 Å². The summed E-state index contributed by atoms with van der Waals surface area (Å²) >= 11 is 0. The molecule has 1 rings (SSSR count). The molecular formula is C11H21NO. The van der Waals surface area contributed by atoms with Gasteiger partial charge in [0.05, 0.1) is 5.60 Å². The minimum atomic E-state index is 0.103. The van der Waals surface area contributed by atoms with E-state index in [1.807, 2.05) is 0 Å². The van der Waals surface area contributed by atoms with E-state index in [0.717, 1.165) is 6.42 Å². The topological polar surface area (TPSA) is 35.2 Å². The molecule has 0 saturated heterocycles. The highest BCUT2D eigenvalue weighted by Crippen LogP contribution is 2.38. The third-order valence-electron chi connectivity index (χ3n) is 2.85. The predicted octanol–water partition coefficient (Wildman–Crippen LogP) is 2.24. The number of rotatable bonds is 4. The van der Waals surface area contributed by atoms with Crippen molar-refractivity contribution >= 4 is 0 Å². The molecule has 1 unspecified atom stereocenters. The van der Waals surface area contributed by atoms with Crippen molar-refractivity contribution < 1.29 is 4.74 Å². The van der Waals surface area contributed by atoms with Crippen LogP contribution in [0, 0.1) is 0 Å². The molecule has 0 aromatic carbocycles. The molecule has 1 saturated carbocycles. The van der Waals surface area contributed by atoms with Crippen LogP contribution in [0.5, 0.6) is 0 Å². The Labute approximate surface area is 81.1 Å². The highest BCUT2D eigenvalue weighted by Gasteiger charge is 2.37. The van der Waals surface area contributed by atoms with Crippen molar-refractivity contribution in [3.8, 4) is 0 Å². The van der Waals surface area contributed by atoms with Crippen LogP contribution in [0.15, 0.2) is 11.6 Å². The summed E-state index contributed by atoms with van der Waals surface area (Å²) in [4.78, 5) is 0. The van der Waals surface area contributed by atoms with Gasteiger partial charge in [-0.1, -0.05) is 11.6 Å².